The summed E-state index contributed by atoms with van der Waals surface area (Å²) >= 11 is 0. The van der Waals surface area contributed by atoms with Gasteiger partial charge in [-0.05, 0) is 25.8 Å². The first-order valence-corrected chi connectivity index (χ1v) is 5.04. The van der Waals surface area contributed by atoms with E-state index in [-0.39, 0.29) is 6.03 Å². The standard InChI is InChI=1S/C9H17N3O/c1-11-6-7-12(9(11)13)8-4-2-3-5-10-8/h8,10H,2-7H2,1H3. The number of amides is 2. The summed E-state index contributed by atoms with van der Waals surface area (Å²) in [5, 5.41) is 3.39. The zero-order chi connectivity index (χ0) is 9.26. The molecule has 0 radical (unpaired) electrons. The number of hydrogen-bond acceptors (Lipinski definition) is 2. The normalized spacial score (nSPS) is 29.9. The Morgan fingerprint density at radius 3 is 2.77 bits per heavy atom. The summed E-state index contributed by atoms with van der Waals surface area (Å²) in [7, 11) is 1.87. The van der Waals surface area contributed by atoms with Crippen LogP contribution < -0.4 is 5.32 Å². The highest BCUT2D eigenvalue weighted by molar-refractivity contribution is 5.76. The Bertz CT molecular complexity index is 201. The Hall–Kier alpha value is -0.770. The van der Waals surface area contributed by atoms with Gasteiger partial charge < -0.3 is 9.80 Å². The summed E-state index contributed by atoms with van der Waals surface area (Å²) in [6, 6.07) is 0.180. The van der Waals surface area contributed by atoms with Crippen LogP contribution in [0, 0.1) is 0 Å². The van der Waals surface area contributed by atoms with Gasteiger partial charge in [-0.3, -0.25) is 5.32 Å². The molecule has 1 unspecified atom stereocenters. The number of piperidine rings is 1. The van der Waals surface area contributed by atoms with Gasteiger partial charge in [-0.1, -0.05) is 0 Å². The molecule has 4 nitrogen and oxygen atoms in total. The topological polar surface area (TPSA) is 35.6 Å². The summed E-state index contributed by atoms with van der Waals surface area (Å²) in [5.41, 5.74) is 0. The molecule has 0 spiro atoms. The third kappa shape index (κ3) is 1.63. The van der Waals surface area contributed by atoms with Crippen molar-refractivity contribution in [2.45, 2.75) is 25.4 Å². The summed E-state index contributed by atoms with van der Waals surface area (Å²) in [5.74, 6) is 0. The Morgan fingerprint density at radius 1 is 1.38 bits per heavy atom. The van der Waals surface area contributed by atoms with Gasteiger partial charge in [0.1, 0.15) is 0 Å². The average Bonchev–Trinajstić information content (AvgIpc) is 2.49. The molecule has 2 heterocycles. The quantitative estimate of drug-likeness (QED) is 0.641. The number of likely N-dealkylation sites (N-methyl/N-ethyl adjacent to an activating group) is 1. The smallest absolute Gasteiger partial charge is 0.321 e. The predicted octanol–water partition coefficient (Wildman–Crippen LogP) is 0.453. The fraction of sp³-hybridized carbons (Fsp3) is 0.889. The lowest BCUT2D eigenvalue weighted by Crippen LogP contribution is -2.49. The van der Waals surface area contributed by atoms with Crippen LogP contribution in [0.3, 0.4) is 0 Å². The number of nitrogens with zero attached hydrogens (tertiary/aromatic N) is 2. The highest BCUT2D eigenvalue weighted by atomic mass is 16.2. The summed E-state index contributed by atoms with van der Waals surface area (Å²) in [6.07, 6.45) is 3.89. The molecule has 2 aliphatic heterocycles. The third-order valence-electron chi connectivity index (χ3n) is 2.91. The van der Waals surface area contributed by atoms with E-state index in [9.17, 15) is 4.79 Å². The van der Waals surface area contributed by atoms with Gasteiger partial charge in [-0.25, -0.2) is 4.79 Å². The monoisotopic (exact) mass is 183 g/mol. The fourth-order valence-corrected chi connectivity index (χ4v) is 2.06. The van der Waals surface area contributed by atoms with Crippen LogP contribution in [0.15, 0.2) is 0 Å². The molecule has 2 saturated heterocycles. The third-order valence-corrected chi connectivity index (χ3v) is 2.91. The molecule has 0 saturated carbocycles. The van der Waals surface area contributed by atoms with E-state index in [2.05, 4.69) is 5.32 Å². The number of urea groups is 1. The van der Waals surface area contributed by atoms with Crippen LogP contribution in [0.25, 0.3) is 0 Å². The lowest BCUT2D eigenvalue weighted by Gasteiger charge is -2.31. The van der Waals surface area contributed by atoms with Gasteiger partial charge in [0.15, 0.2) is 0 Å². The number of nitrogens with one attached hydrogen (secondary N) is 1. The van der Waals surface area contributed by atoms with Crippen molar-refractivity contribution in [1.82, 2.24) is 15.1 Å². The van der Waals surface area contributed by atoms with Crippen LogP contribution in [-0.2, 0) is 0 Å². The molecule has 13 heavy (non-hydrogen) atoms. The van der Waals surface area contributed by atoms with Crippen LogP contribution in [0.5, 0.6) is 0 Å². The van der Waals surface area contributed by atoms with E-state index < -0.39 is 0 Å². The van der Waals surface area contributed by atoms with E-state index in [1.165, 1.54) is 12.8 Å². The molecule has 1 atom stereocenters. The summed E-state index contributed by atoms with van der Waals surface area (Å²) < 4.78 is 0. The molecule has 2 rings (SSSR count). The van der Waals surface area contributed by atoms with E-state index in [0.29, 0.717) is 6.17 Å². The fourth-order valence-electron chi connectivity index (χ4n) is 2.06. The van der Waals surface area contributed by atoms with Crippen molar-refractivity contribution in [3.05, 3.63) is 0 Å². The van der Waals surface area contributed by atoms with Gasteiger partial charge in [0.05, 0.1) is 6.17 Å². The van der Waals surface area contributed by atoms with Crippen molar-refractivity contribution in [2.75, 3.05) is 26.7 Å². The number of hydrogen-bond donors (Lipinski definition) is 1. The maximum Gasteiger partial charge on any atom is 0.321 e. The molecule has 2 fully saturated rings. The lowest BCUT2D eigenvalue weighted by atomic mass is 10.1. The second-order valence-corrected chi connectivity index (χ2v) is 3.86. The van der Waals surface area contributed by atoms with Crippen LogP contribution in [0.2, 0.25) is 0 Å². The molecule has 1 N–H and O–H groups in total. The zero-order valence-electron chi connectivity index (χ0n) is 8.12. The van der Waals surface area contributed by atoms with Gasteiger partial charge in [0.2, 0.25) is 0 Å². The van der Waals surface area contributed by atoms with Gasteiger partial charge in [0.25, 0.3) is 0 Å². The maximum atomic E-state index is 11.6. The van der Waals surface area contributed by atoms with Crippen molar-refractivity contribution in [3.8, 4) is 0 Å². The van der Waals surface area contributed by atoms with Gasteiger partial charge in [-0.15, -0.1) is 0 Å². The van der Waals surface area contributed by atoms with Gasteiger partial charge in [0, 0.05) is 20.1 Å². The van der Waals surface area contributed by atoms with Gasteiger partial charge >= 0.3 is 6.03 Å². The van der Waals surface area contributed by atoms with Crippen LogP contribution in [0.4, 0.5) is 4.79 Å². The van der Waals surface area contributed by atoms with E-state index in [1.807, 2.05) is 11.9 Å². The molecule has 4 heteroatoms. The molecule has 0 aromatic carbocycles. The Morgan fingerprint density at radius 2 is 2.23 bits per heavy atom. The molecule has 0 aromatic heterocycles. The first kappa shape index (κ1) is 8.81. The molecule has 0 aromatic rings. The van der Waals surface area contributed by atoms with Crippen molar-refractivity contribution in [2.24, 2.45) is 0 Å². The van der Waals surface area contributed by atoms with Crippen LogP contribution in [-0.4, -0.2) is 48.7 Å². The molecule has 0 aliphatic carbocycles. The SMILES string of the molecule is CN1CCN(C2CCCCN2)C1=O. The van der Waals surface area contributed by atoms with E-state index in [0.717, 1.165) is 26.1 Å². The molecule has 2 aliphatic rings. The summed E-state index contributed by atoms with van der Waals surface area (Å²) in [6.45, 7) is 2.81. The minimum Gasteiger partial charge on any atom is -0.326 e. The minimum atomic E-state index is 0.180. The first-order valence-electron chi connectivity index (χ1n) is 5.04. The Kier molecular flexibility index (Phi) is 2.40. The van der Waals surface area contributed by atoms with Gasteiger partial charge in [-0.2, -0.15) is 0 Å². The molecule has 2 amide bonds. The second-order valence-electron chi connectivity index (χ2n) is 3.86. The van der Waals surface area contributed by atoms with Crippen LogP contribution >= 0.6 is 0 Å². The highest BCUT2D eigenvalue weighted by Gasteiger charge is 2.31. The average molecular weight is 183 g/mol. The second kappa shape index (κ2) is 3.54. The van der Waals surface area contributed by atoms with E-state index in [4.69, 9.17) is 0 Å². The van der Waals surface area contributed by atoms with Crippen LogP contribution in [0.1, 0.15) is 19.3 Å². The van der Waals surface area contributed by atoms with E-state index >= 15 is 0 Å². The minimum absolute atomic E-state index is 0.180. The molecule has 74 valence electrons. The van der Waals surface area contributed by atoms with Crippen molar-refractivity contribution >= 4 is 6.03 Å². The van der Waals surface area contributed by atoms with Crippen molar-refractivity contribution < 1.29 is 4.79 Å². The van der Waals surface area contributed by atoms with Crippen molar-refractivity contribution in [1.29, 1.82) is 0 Å². The number of carbonyl (C=O) groups excluding carboxylic acids is 1. The molecule has 0 bridgehead atoms. The maximum absolute atomic E-state index is 11.6. The largest absolute Gasteiger partial charge is 0.326 e. The van der Waals surface area contributed by atoms with Crippen molar-refractivity contribution in [3.63, 3.8) is 0 Å². The number of carbonyl (C=O) groups is 1. The molecular formula is C9H17N3O. The summed E-state index contributed by atoms with van der Waals surface area (Å²) in [4.78, 5) is 15.4. The van der Waals surface area contributed by atoms with E-state index in [1.54, 1.807) is 4.90 Å². The Balaban J connectivity index is 1.96. The lowest BCUT2D eigenvalue weighted by molar-refractivity contribution is 0.158. The Labute approximate surface area is 78.9 Å². The first-order chi connectivity index (χ1) is 6.29. The highest BCUT2D eigenvalue weighted by Crippen LogP contribution is 2.16. The zero-order valence-corrected chi connectivity index (χ0v) is 8.12. The number of rotatable bonds is 1. The molecular weight excluding hydrogens is 166 g/mol. The predicted molar refractivity (Wildman–Crippen MR) is 50.4 cm³/mol.